The van der Waals surface area contributed by atoms with Crippen LogP contribution < -0.4 is 5.32 Å². The Labute approximate surface area is 207 Å². The van der Waals surface area contributed by atoms with Crippen molar-refractivity contribution in [3.05, 3.63) is 47.3 Å². The predicted octanol–water partition coefficient (Wildman–Crippen LogP) is 2.51. The second kappa shape index (κ2) is 11.1. The first-order valence-corrected chi connectivity index (χ1v) is 11.0. The first-order chi connectivity index (χ1) is 15.1. The molecular weight excluding hydrogens is 519 g/mol. The Morgan fingerprint density at radius 2 is 1.91 bits per heavy atom. The number of benzene rings is 1. The van der Waals surface area contributed by atoms with Gasteiger partial charge in [0.25, 0.3) is 5.91 Å². The van der Waals surface area contributed by atoms with Crippen LogP contribution in [-0.4, -0.2) is 77.4 Å². The highest BCUT2D eigenvalue weighted by Gasteiger charge is 2.30. The van der Waals surface area contributed by atoms with Crippen LogP contribution in [0.2, 0.25) is 0 Å². The van der Waals surface area contributed by atoms with E-state index in [4.69, 9.17) is 4.74 Å². The third-order valence-electron chi connectivity index (χ3n) is 5.97. The number of guanidine groups is 1. The van der Waals surface area contributed by atoms with Crippen LogP contribution >= 0.6 is 24.0 Å². The minimum atomic E-state index is -0.241. The van der Waals surface area contributed by atoms with Gasteiger partial charge in [0.2, 0.25) is 0 Å². The van der Waals surface area contributed by atoms with E-state index in [9.17, 15) is 4.79 Å². The van der Waals surface area contributed by atoms with Gasteiger partial charge in [0.1, 0.15) is 6.10 Å². The van der Waals surface area contributed by atoms with Crippen molar-refractivity contribution in [1.29, 1.82) is 0 Å². The maximum absolute atomic E-state index is 12.6. The van der Waals surface area contributed by atoms with Gasteiger partial charge in [-0.25, -0.2) is 4.68 Å². The van der Waals surface area contributed by atoms with Gasteiger partial charge in [-0.3, -0.25) is 9.79 Å². The molecule has 0 aliphatic carbocycles. The van der Waals surface area contributed by atoms with Crippen molar-refractivity contribution in [2.45, 2.75) is 39.3 Å². The Morgan fingerprint density at radius 1 is 1.19 bits per heavy atom. The van der Waals surface area contributed by atoms with E-state index in [1.807, 2.05) is 28.6 Å². The number of nitrogens with zero attached hydrogens (tertiary/aromatic N) is 5. The van der Waals surface area contributed by atoms with E-state index in [1.165, 1.54) is 0 Å². The number of hydrogen-bond donors (Lipinski definition) is 1. The topological polar surface area (TPSA) is 75.0 Å². The maximum Gasteiger partial charge on any atom is 0.251 e. The van der Waals surface area contributed by atoms with Crippen LogP contribution in [0.25, 0.3) is 5.69 Å². The molecule has 174 valence electrons. The standard InChI is InChI=1S/C23H32N6O2.HI/c1-17-15-18(2)29(26-17)20-8-5-4-7-19(20)16-25-23(24-3)28-12-10-27(11-13-28)22(30)21-9-6-14-31-21;/h4-5,7-8,15,21H,6,9-14,16H2,1-3H3,(H,24,25);1H. The molecule has 1 amide bonds. The summed E-state index contributed by atoms with van der Waals surface area (Å²) in [7, 11) is 1.80. The van der Waals surface area contributed by atoms with Gasteiger partial charge in [-0.2, -0.15) is 5.10 Å². The number of amides is 1. The van der Waals surface area contributed by atoms with E-state index in [-0.39, 0.29) is 36.0 Å². The van der Waals surface area contributed by atoms with Crippen molar-refractivity contribution in [1.82, 2.24) is 24.9 Å². The first kappa shape index (κ1) is 24.5. The van der Waals surface area contributed by atoms with Gasteiger partial charge in [0, 0.05) is 52.1 Å². The third kappa shape index (κ3) is 5.43. The van der Waals surface area contributed by atoms with E-state index >= 15 is 0 Å². The van der Waals surface area contributed by atoms with Crippen LogP contribution in [-0.2, 0) is 16.1 Å². The largest absolute Gasteiger partial charge is 0.368 e. The Balaban J connectivity index is 0.00000289. The number of piperazine rings is 1. The summed E-state index contributed by atoms with van der Waals surface area (Å²) < 4.78 is 7.55. The Kier molecular flexibility index (Phi) is 8.52. The number of ether oxygens (including phenoxy) is 1. The molecule has 0 spiro atoms. The number of carbonyl (C=O) groups is 1. The van der Waals surface area contributed by atoms with Gasteiger partial charge in [0.15, 0.2) is 5.96 Å². The molecule has 8 nitrogen and oxygen atoms in total. The zero-order valence-corrected chi connectivity index (χ0v) is 21.4. The molecule has 1 aromatic heterocycles. The summed E-state index contributed by atoms with van der Waals surface area (Å²) in [5, 5.41) is 8.13. The van der Waals surface area contributed by atoms with Gasteiger partial charge < -0.3 is 19.9 Å². The predicted molar refractivity (Wildman–Crippen MR) is 136 cm³/mol. The number of hydrogen-bond acceptors (Lipinski definition) is 4. The number of aryl methyl sites for hydroxylation is 2. The van der Waals surface area contributed by atoms with Crippen LogP contribution in [0.3, 0.4) is 0 Å². The number of aromatic nitrogens is 2. The Morgan fingerprint density at radius 3 is 2.53 bits per heavy atom. The fraction of sp³-hybridized carbons (Fsp3) is 0.522. The molecule has 2 aliphatic rings. The molecule has 0 bridgehead atoms. The van der Waals surface area contributed by atoms with Crippen LogP contribution in [0.5, 0.6) is 0 Å². The van der Waals surface area contributed by atoms with Crippen molar-refractivity contribution in [2.24, 2.45) is 4.99 Å². The molecule has 1 unspecified atom stereocenters. The summed E-state index contributed by atoms with van der Waals surface area (Å²) in [5.41, 5.74) is 4.35. The molecule has 1 atom stereocenters. The lowest BCUT2D eigenvalue weighted by molar-refractivity contribution is -0.142. The van der Waals surface area contributed by atoms with Crippen molar-refractivity contribution < 1.29 is 9.53 Å². The molecule has 32 heavy (non-hydrogen) atoms. The first-order valence-electron chi connectivity index (χ1n) is 11.0. The van der Waals surface area contributed by atoms with E-state index in [0.29, 0.717) is 26.2 Å². The fourth-order valence-electron chi connectivity index (χ4n) is 4.36. The number of carbonyl (C=O) groups excluding carboxylic acids is 1. The average Bonchev–Trinajstić information content (AvgIpc) is 3.44. The molecule has 1 N–H and O–H groups in total. The van der Waals surface area contributed by atoms with Gasteiger partial charge >= 0.3 is 0 Å². The van der Waals surface area contributed by atoms with Crippen molar-refractivity contribution in [2.75, 3.05) is 39.8 Å². The van der Waals surface area contributed by atoms with Gasteiger partial charge in [-0.1, -0.05) is 18.2 Å². The zero-order valence-electron chi connectivity index (χ0n) is 19.1. The van der Waals surface area contributed by atoms with Crippen molar-refractivity contribution >= 4 is 35.8 Å². The lowest BCUT2D eigenvalue weighted by atomic mass is 10.1. The quantitative estimate of drug-likeness (QED) is 0.359. The molecule has 9 heteroatoms. The summed E-state index contributed by atoms with van der Waals surface area (Å²) in [6.45, 7) is 8.34. The number of para-hydroxylation sites is 1. The van der Waals surface area contributed by atoms with Gasteiger partial charge in [-0.15, -0.1) is 24.0 Å². The second-order valence-corrected chi connectivity index (χ2v) is 8.18. The average molecular weight is 552 g/mol. The Hall–Kier alpha value is -2.14. The second-order valence-electron chi connectivity index (χ2n) is 8.18. The summed E-state index contributed by atoms with van der Waals surface area (Å²) in [4.78, 5) is 21.2. The molecular formula is C23H33IN6O2. The molecule has 2 aliphatic heterocycles. The lowest BCUT2D eigenvalue weighted by Crippen LogP contribution is -2.55. The number of halogens is 1. The minimum absolute atomic E-state index is 0. The lowest BCUT2D eigenvalue weighted by Gasteiger charge is -2.37. The van der Waals surface area contributed by atoms with Crippen LogP contribution in [0.1, 0.15) is 29.8 Å². The number of aliphatic imine (C=N–C) groups is 1. The number of rotatable bonds is 4. The summed E-state index contributed by atoms with van der Waals surface area (Å²) in [6.07, 6.45) is 1.58. The number of nitrogens with one attached hydrogen (secondary N) is 1. The minimum Gasteiger partial charge on any atom is -0.368 e. The maximum atomic E-state index is 12.6. The summed E-state index contributed by atoms with van der Waals surface area (Å²) in [5.74, 6) is 0.992. The van der Waals surface area contributed by atoms with Gasteiger partial charge in [0.05, 0.1) is 11.4 Å². The van der Waals surface area contributed by atoms with E-state index in [2.05, 4.69) is 45.4 Å². The molecule has 0 radical (unpaired) electrons. The van der Waals surface area contributed by atoms with Gasteiger partial charge in [-0.05, 0) is 44.4 Å². The molecule has 1 aromatic carbocycles. The molecule has 3 heterocycles. The molecule has 2 fully saturated rings. The monoisotopic (exact) mass is 552 g/mol. The highest BCUT2D eigenvalue weighted by atomic mass is 127. The molecule has 2 aromatic rings. The van der Waals surface area contributed by atoms with Crippen molar-refractivity contribution in [3.8, 4) is 5.69 Å². The highest BCUT2D eigenvalue weighted by Crippen LogP contribution is 2.18. The molecule has 2 saturated heterocycles. The summed E-state index contributed by atoms with van der Waals surface area (Å²) >= 11 is 0. The third-order valence-corrected chi connectivity index (χ3v) is 5.97. The fourth-order valence-corrected chi connectivity index (χ4v) is 4.36. The highest BCUT2D eigenvalue weighted by molar-refractivity contribution is 14.0. The van der Waals surface area contributed by atoms with Crippen LogP contribution in [0, 0.1) is 13.8 Å². The Bertz CT molecular complexity index is 946. The van der Waals surface area contributed by atoms with Crippen LogP contribution in [0.15, 0.2) is 35.3 Å². The van der Waals surface area contributed by atoms with E-state index < -0.39 is 0 Å². The smallest absolute Gasteiger partial charge is 0.251 e. The van der Waals surface area contributed by atoms with Crippen molar-refractivity contribution in [3.63, 3.8) is 0 Å². The normalized spacial score (nSPS) is 19.1. The van der Waals surface area contributed by atoms with Crippen LogP contribution in [0.4, 0.5) is 0 Å². The summed E-state index contributed by atoms with van der Waals surface area (Å²) in [6, 6.07) is 10.4. The zero-order chi connectivity index (χ0) is 21.8. The molecule has 0 saturated carbocycles. The molecule has 4 rings (SSSR count). The van der Waals surface area contributed by atoms with E-state index in [0.717, 1.165) is 54.5 Å². The van der Waals surface area contributed by atoms with E-state index in [1.54, 1.807) is 7.05 Å². The SMILES string of the molecule is CN=C(NCc1ccccc1-n1nc(C)cc1C)N1CCN(C(=O)C2CCCO2)CC1.I.